The second-order valence-electron chi connectivity index (χ2n) is 8.58. The van der Waals surface area contributed by atoms with Gasteiger partial charge in [-0.15, -0.1) is 0 Å². The number of nitrogens with one attached hydrogen (secondary N) is 1. The fourth-order valence-corrected chi connectivity index (χ4v) is 3.05. The van der Waals surface area contributed by atoms with Crippen molar-refractivity contribution in [2.75, 3.05) is 25.2 Å². The van der Waals surface area contributed by atoms with Gasteiger partial charge in [0.15, 0.2) is 0 Å². The lowest BCUT2D eigenvalue weighted by Crippen LogP contribution is -2.46. The summed E-state index contributed by atoms with van der Waals surface area (Å²) >= 11 is 0. The van der Waals surface area contributed by atoms with Gasteiger partial charge >= 0.3 is 6.09 Å². The highest BCUT2D eigenvalue weighted by Gasteiger charge is 2.33. The molecule has 1 aliphatic carbocycles. The Bertz CT molecular complexity index is 876. The quantitative estimate of drug-likeness (QED) is 0.734. The highest BCUT2D eigenvalue weighted by Crippen LogP contribution is 2.34. The molecule has 1 aliphatic heterocycles. The van der Waals surface area contributed by atoms with E-state index < -0.39 is 29.2 Å². The first-order chi connectivity index (χ1) is 14.1. The lowest BCUT2D eigenvalue weighted by atomic mass is 9.81. The summed E-state index contributed by atoms with van der Waals surface area (Å²) in [6.07, 6.45) is 0.628. The lowest BCUT2D eigenvalue weighted by Gasteiger charge is -2.30. The molecule has 0 saturated heterocycles. The maximum absolute atomic E-state index is 12.8. The van der Waals surface area contributed by atoms with Crippen LogP contribution in [0.15, 0.2) is 18.2 Å². The van der Waals surface area contributed by atoms with Crippen LogP contribution in [0.1, 0.15) is 40.0 Å². The third-order valence-electron chi connectivity index (χ3n) is 4.83. The van der Waals surface area contributed by atoms with Crippen molar-refractivity contribution in [2.24, 2.45) is 0 Å². The average molecular weight is 416 g/mol. The molecule has 0 bridgehead atoms. The molecule has 1 fully saturated rings. The summed E-state index contributed by atoms with van der Waals surface area (Å²) in [6.45, 7) is 5.50. The first kappa shape index (κ1) is 21.8. The number of amides is 2. The van der Waals surface area contributed by atoms with E-state index in [1.54, 1.807) is 25.2 Å². The summed E-state index contributed by atoms with van der Waals surface area (Å²) in [7, 11) is 1.59. The van der Waals surface area contributed by atoms with E-state index in [9.17, 15) is 14.7 Å². The minimum absolute atomic E-state index is 0.0853. The maximum atomic E-state index is 12.8. The van der Waals surface area contributed by atoms with Crippen molar-refractivity contribution in [1.82, 2.24) is 5.32 Å². The number of carbonyl (C=O) groups excluding carboxylic acids is 2. The minimum atomic E-state index is -1.07. The van der Waals surface area contributed by atoms with Crippen LogP contribution in [0.25, 0.3) is 0 Å². The highest BCUT2D eigenvalue weighted by atomic mass is 16.6. The van der Waals surface area contributed by atoms with Gasteiger partial charge in [-0.2, -0.15) is 0 Å². The Morgan fingerprint density at radius 1 is 1.40 bits per heavy atom. The summed E-state index contributed by atoms with van der Waals surface area (Å²) in [6, 6.07) is 5.08. The van der Waals surface area contributed by atoms with Gasteiger partial charge < -0.3 is 29.5 Å². The van der Waals surface area contributed by atoms with Crippen LogP contribution in [0, 0.1) is 11.8 Å². The van der Waals surface area contributed by atoms with E-state index in [1.165, 1.54) is 4.90 Å². The van der Waals surface area contributed by atoms with E-state index in [2.05, 4.69) is 17.2 Å². The summed E-state index contributed by atoms with van der Waals surface area (Å²) < 4.78 is 16.6. The molecule has 1 saturated carbocycles. The van der Waals surface area contributed by atoms with Crippen LogP contribution in [0.5, 0.6) is 11.5 Å². The molecular formula is C22H28N2O6. The molecule has 8 nitrogen and oxygen atoms in total. The maximum Gasteiger partial charge on any atom is 0.408 e. The molecule has 162 valence electrons. The zero-order valence-electron chi connectivity index (χ0n) is 17.8. The van der Waals surface area contributed by atoms with E-state index >= 15 is 0 Å². The summed E-state index contributed by atoms with van der Waals surface area (Å²) in [5, 5.41) is 12.6. The molecule has 0 aromatic heterocycles. The molecule has 2 aliphatic rings. The van der Waals surface area contributed by atoms with Crippen LogP contribution >= 0.6 is 0 Å². The number of hydrogen-bond acceptors (Lipinski definition) is 6. The topological polar surface area (TPSA) is 97.3 Å². The number of benzene rings is 1. The number of rotatable bonds is 3. The Kier molecular flexibility index (Phi) is 6.13. The number of likely N-dealkylation sites (N-methyl/N-ethyl adjacent to an activating group) is 1. The fraction of sp³-hybridized carbons (Fsp3) is 0.545. The molecule has 1 aromatic carbocycles. The van der Waals surface area contributed by atoms with Crippen LogP contribution in [0.3, 0.4) is 0 Å². The number of nitrogens with zero attached hydrogens (tertiary/aromatic N) is 1. The van der Waals surface area contributed by atoms with Gasteiger partial charge in [0.2, 0.25) is 6.10 Å². The third kappa shape index (κ3) is 5.36. The predicted octanol–water partition coefficient (Wildman–Crippen LogP) is 2.23. The van der Waals surface area contributed by atoms with Gasteiger partial charge in [-0.25, -0.2) is 4.79 Å². The number of aliphatic hydroxyl groups is 1. The molecular weight excluding hydrogens is 388 g/mol. The van der Waals surface area contributed by atoms with Gasteiger partial charge in [0.25, 0.3) is 5.91 Å². The monoisotopic (exact) mass is 416 g/mol. The van der Waals surface area contributed by atoms with Crippen LogP contribution in [0.2, 0.25) is 0 Å². The second-order valence-corrected chi connectivity index (χ2v) is 8.58. The Hall–Kier alpha value is -2.92. The molecule has 3 rings (SSSR count). The molecule has 1 atom stereocenters. The number of hydrogen-bond donors (Lipinski definition) is 2. The predicted molar refractivity (Wildman–Crippen MR) is 111 cm³/mol. The number of anilines is 1. The lowest BCUT2D eigenvalue weighted by molar-refractivity contribution is -0.127. The van der Waals surface area contributed by atoms with Gasteiger partial charge in [-0.05, 0) is 52.2 Å². The van der Waals surface area contributed by atoms with Crippen molar-refractivity contribution in [2.45, 2.75) is 57.3 Å². The first-order valence-electron chi connectivity index (χ1n) is 9.95. The molecule has 2 amide bonds. The zero-order chi connectivity index (χ0) is 21.9. The largest absolute Gasteiger partial charge is 0.487 e. The van der Waals surface area contributed by atoms with Gasteiger partial charge in [0.1, 0.15) is 30.3 Å². The summed E-state index contributed by atoms with van der Waals surface area (Å²) in [4.78, 5) is 26.2. The van der Waals surface area contributed by atoms with Crippen molar-refractivity contribution >= 4 is 17.7 Å². The fourth-order valence-electron chi connectivity index (χ4n) is 3.05. The molecule has 2 N–H and O–H groups in total. The molecule has 0 unspecified atom stereocenters. The van der Waals surface area contributed by atoms with Crippen molar-refractivity contribution < 1.29 is 28.9 Å². The van der Waals surface area contributed by atoms with E-state index in [0.717, 1.165) is 6.42 Å². The second kappa shape index (κ2) is 8.44. The Balaban J connectivity index is 1.65. The third-order valence-corrected chi connectivity index (χ3v) is 4.83. The van der Waals surface area contributed by atoms with E-state index in [0.29, 0.717) is 30.0 Å². The van der Waals surface area contributed by atoms with Crippen molar-refractivity contribution in [3.8, 4) is 23.3 Å². The molecule has 0 spiro atoms. The smallest absolute Gasteiger partial charge is 0.408 e. The number of alkyl carbamates (subject to hydrolysis) is 1. The van der Waals surface area contributed by atoms with Gasteiger partial charge in [0, 0.05) is 18.7 Å². The SMILES string of the molecule is CN1C(=O)[C@@H](OC(=O)NC(C)(C)C)COc2ccc(OCC#CC3(O)CCC3)cc21. The van der Waals surface area contributed by atoms with Crippen LogP contribution < -0.4 is 19.7 Å². The van der Waals surface area contributed by atoms with Crippen molar-refractivity contribution in [3.05, 3.63) is 18.2 Å². The van der Waals surface area contributed by atoms with E-state index in [-0.39, 0.29) is 13.2 Å². The molecule has 8 heteroatoms. The van der Waals surface area contributed by atoms with Crippen molar-refractivity contribution in [3.63, 3.8) is 0 Å². The summed E-state index contributed by atoms with van der Waals surface area (Å²) in [5.74, 6) is 6.26. The zero-order valence-corrected chi connectivity index (χ0v) is 17.8. The molecule has 1 heterocycles. The molecule has 0 radical (unpaired) electrons. The summed E-state index contributed by atoms with van der Waals surface area (Å²) in [5.41, 5.74) is -0.846. The number of carbonyl (C=O) groups is 2. The van der Waals surface area contributed by atoms with Gasteiger partial charge in [0.05, 0.1) is 5.69 Å². The van der Waals surface area contributed by atoms with E-state index in [1.807, 2.05) is 20.8 Å². The average Bonchev–Trinajstić information content (AvgIpc) is 2.74. The van der Waals surface area contributed by atoms with Gasteiger partial charge in [-0.1, -0.05) is 11.8 Å². The molecule has 1 aromatic rings. The molecule has 30 heavy (non-hydrogen) atoms. The number of ether oxygens (including phenoxy) is 3. The van der Waals surface area contributed by atoms with Crippen molar-refractivity contribution in [1.29, 1.82) is 0 Å². The highest BCUT2D eigenvalue weighted by molar-refractivity contribution is 5.99. The van der Waals surface area contributed by atoms with Crippen LogP contribution in [-0.4, -0.2) is 54.6 Å². The van der Waals surface area contributed by atoms with Crippen LogP contribution in [-0.2, 0) is 9.53 Å². The van der Waals surface area contributed by atoms with Crippen LogP contribution in [0.4, 0.5) is 10.5 Å². The van der Waals surface area contributed by atoms with E-state index in [4.69, 9.17) is 14.2 Å². The normalized spacial score (nSPS) is 19.8. The minimum Gasteiger partial charge on any atom is -0.487 e. The Morgan fingerprint density at radius 3 is 2.77 bits per heavy atom. The Labute approximate surface area is 176 Å². The van der Waals surface area contributed by atoms with Gasteiger partial charge in [-0.3, -0.25) is 4.79 Å². The Morgan fingerprint density at radius 2 is 2.13 bits per heavy atom. The first-order valence-corrected chi connectivity index (χ1v) is 9.95. The standard InChI is InChI=1S/C22H28N2O6/c1-21(2,3)23-20(26)30-18-14-29-17-8-7-15(13-16(17)24(4)19(18)25)28-12-6-11-22(27)9-5-10-22/h7-8,13,18,27H,5,9-10,12,14H2,1-4H3,(H,23,26)/t18-/m0/s1. The number of fused-ring (bicyclic) bond motifs is 1.